The molecule has 3 N–H and O–H groups in total. The molecular weight excluding hydrogens is 206 g/mol. The second-order valence-corrected chi connectivity index (χ2v) is 5.91. The van der Waals surface area contributed by atoms with Gasteiger partial charge in [-0.1, -0.05) is 13.8 Å². The molecule has 0 radical (unpaired) electrons. The summed E-state index contributed by atoms with van der Waals surface area (Å²) in [4.78, 5) is 11.3. The zero-order valence-electron chi connectivity index (χ0n) is 9.77. The maximum Gasteiger partial charge on any atom is 0.337 e. The zero-order chi connectivity index (χ0) is 11.9. The van der Waals surface area contributed by atoms with Crippen molar-refractivity contribution in [1.29, 1.82) is 0 Å². The molecular formula is C11H17N3O2. The van der Waals surface area contributed by atoms with E-state index in [9.17, 15) is 9.90 Å². The topological polar surface area (TPSA) is 78.9 Å². The first-order valence-electron chi connectivity index (χ1n) is 5.67. The lowest BCUT2D eigenvalue weighted by atomic mass is 9.84. The molecule has 16 heavy (non-hydrogen) atoms. The fraction of sp³-hybridized carbons (Fsp3) is 0.818. The minimum Gasteiger partial charge on any atom is -0.368 e. The van der Waals surface area contributed by atoms with Crippen molar-refractivity contribution in [3.63, 3.8) is 0 Å². The quantitative estimate of drug-likeness (QED) is 0.635. The van der Waals surface area contributed by atoms with Crippen LogP contribution in [0.4, 0.5) is 4.79 Å². The lowest BCUT2D eigenvalue weighted by Crippen LogP contribution is -2.52. The fourth-order valence-corrected chi connectivity index (χ4v) is 3.94. The number of primary amides is 1. The number of aliphatic hydroxyl groups is 1. The van der Waals surface area contributed by atoms with E-state index >= 15 is 0 Å². The molecule has 2 amide bonds. The zero-order valence-corrected chi connectivity index (χ0v) is 9.77. The monoisotopic (exact) mass is 223 g/mol. The van der Waals surface area contributed by atoms with Gasteiger partial charge in [0.2, 0.25) is 0 Å². The van der Waals surface area contributed by atoms with Crippen LogP contribution in [0, 0.1) is 23.2 Å². The Morgan fingerprint density at radius 1 is 1.62 bits per heavy atom. The van der Waals surface area contributed by atoms with Gasteiger partial charge >= 0.3 is 6.03 Å². The van der Waals surface area contributed by atoms with Crippen LogP contribution >= 0.6 is 0 Å². The van der Waals surface area contributed by atoms with E-state index in [1.807, 2.05) is 6.92 Å². The van der Waals surface area contributed by atoms with Crippen LogP contribution in [0.3, 0.4) is 0 Å². The highest BCUT2D eigenvalue weighted by atomic mass is 16.3. The Morgan fingerprint density at radius 3 is 2.81 bits per heavy atom. The van der Waals surface area contributed by atoms with Crippen molar-refractivity contribution in [2.45, 2.75) is 32.9 Å². The van der Waals surface area contributed by atoms with Gasteiger partial charge in [0.25, 0.3) is 0 Å². The van der Waals surface area contributed by atoms with E-state index in [4.69, 9.17) is 5.73 Å². The normalized spacial score (nSPS) is 47.4. The number of carbonyl (C=O) groups excluding carboxylic acids is 1. The van der Waals surface area contributed by atoms with Gasteiger partial charge in [0.05, 0.1) is 5.92 Å². The molecule has 0 bridgehead atoms. The summed E-state index contributed by atoms with van der Waals surface area (Å²) in [7, 11) is 0. The Morgan fingerprint density at radius 2 is 2.25 bits per heavy atom. The number of nitrogens with two attached hydrogens (primary N) is 1. The van der Waals surface area contributed by atoms with E-state index in [0.29, 0.717) is 18.3 Å². The standard InChI is InChI=1S/C11H17N3O2/c1-5-7-8-6(10(8,2)3)4-11(7,16)14(13-5)9(12)15/h6-8,16H,4H2,1-3H3,(H2,12,15)/t6-,7-,8-,11+/m0/s1. The van der Waals surface area contributed by atoms with Crippen LogP contribution in [0.2, 0.25) is 0 Å². The van der Waals surface area contributed by atoms with Crippen LogP contribution < -0.4 is 5.73 Å². The Labute approximate surface area is 94.3 Å². The third-order valence-corrected chi connectivity index (χ3v) is 4.80. The van der Waals surface area contributed by atoms with Gasteiger partial charge in [0.1, 0.15) is 0 Å². The summed E-state index contributed by atoms with van der Waals surface area (Å²) in [5, 5.41) is 15.8. The molecule has 3 aliphatic rings. The van der Waals surface area contributed by atoms with Crippen LogP contribution in [0.5, 0.6) is 0 Å². The molecule has 3 rings (SSSR count). The van der Waals surface area contributed by atoms with Gasteiger partial charge in [0.15, 0.2) is 5.72 Å². The van der Waals surface area contributed by atoms with Crippen LogP contribution in [0.25, 0.3) is 0 Å². The minimum atomic E-state index is -1.15. The van der Waals surface area contributed by atoms with Crippen molar-refractivity contribution >= 4 is 11.7 Å². The van der Waals surface area contributed by atoms with Crippen LogP contribution in [0.15, 0.2) is 5.10 Å². The molecule has 1 aliphatic heterocycles. The minimum absolute atomic E-state index is 0.0278. The average molecular weight is 223 g/mol. The molecule has 5 nitrogen and oxygen atoms in total. The SMILES string of the molecule is CC1=NN(C(N)=O)[C@@]2(O)C[C@H]3[C@@H]([C@H]12)C3(C)C. The second-order valence-electron chi connectivity index (χ2n) is 5.91. The maximum atomic E-state index is 11.3. The molecule has 88 valence electrons. The van der Waals surface area contributed by atoms with Crippen LogP contribution in [-0.2, 0) is 0 Å². The number of carbonyl (C=O) groups is 1. The lowest BCUT2D eigenvalue weighted by Gasteiger charge is -2.34. The second kappa shape index (κ2) is 2.42. The Bertz CT molecular complexity index is 417. The van der Waals surface area contributed by atoms with E-state index in [-0.39, 0.29) is 11.3 Å². The summed E-state index contributed by atoms with van der Waals surface area (Å²) < 4.78 is 0. The highest BCUT2D eigenvalue weighted by molar-refractivity contribution is 5.91. The first kappa shape index (κ1) is 10.1. The van der Waals surface area contributed by atoms with Gasteiger partial charge < -0.3 is 10.8 Å². The van der Waals surface area contributed by atoms with Gasteiger partial charge in [0, 0.05) is 12.1 Å². The number of urea groups is 1. The van der Waals surface area contributed by atoms with Crippen LogP contribution in [-0.4, -0.2) is 27.6 Å². The summed E-state index contributed by atoms with van der Waals surface area (Å²) in [6, 6.07) is -0.663. The number of hydrazone groups is 1. The van der Waals surface area contributed by atoms with Crippen molar-refractivity contribution in [3.05, 3.63) is 0 Å². The summed E-state index contributed by atoms with van der Waals surface area (Å²) in [6.45, 7) is 6.29. The summed E-state index contributed by atoms with van der Waals surface area (Å²) in [5.74, 6) is 0.889. The number of hydrogen-bond acceptors (Lipinski definition) is 3. The van der Waals surface area contributed by atoms with E-state index in [1.165, 1.54) is 0 Å². The highest BCUT2D eigenvalue weighted by Crippen LogP contribution is 2.73. The van der Waals surface area contributed by atoms with Gasteiger partial charge in [-0.15, -0.1) is 0 Å². The molecule has 0 aromatic carbocycles. The number of nitrogens with zero attached hydrogens (tertiary/aromatic N) is 2. The Hall–Kier alpha value is -1.10. The van der Waals surface area contributed by atoms with Crippen LogP contribution in [0.1, 0.15) is 27.2 Å². The Kier molecular flexibility index (Phi) is 1.53. The largest absolute Gasteiger partial charge is 0.368 e. The summed E-state index contributed by atoms with van der Waals surface area (Å²) in [6.07, 6.45) is 0.596. The van der Waals surface area contributed by atoms with Crippen molar-refractivity contribution in [1.82, 2.24) is 5.01 Å². The van der Waals surface area contributed by atoms with Gasteiger partial charge in [-0.2, -0.15) is 10.1 Å². The number of rotatable bonds is 0. The van der Waals surface area contributed by atoms with E-state index in [1.54, 1.807) is 0 Å². The third-order valence-electron chi connectivity index (χ3n) is 4.80. The van der Waals surface area contributed by atoms with Crippen molar-refractivity contribution < 1.29 is 9.90 Å². The molecule has 1 heterocycles. The molecule has 2 aliphatic carbocycles. The van der Waals surface area contributed by atoms with E-state index < -0.39 is 11.8 Å². The van der Waals surface area contributed by atoms with Crippen molar-refractivity contribution in [2.75, 3.05) is 0 Å². The van der Waals surface area contributed by atoms with Gasteiger partial charge in [-0.25, -0.2) is 4.79 Å². The molecule has 0 aromatic heterocycles. The number of fused-ring (bicyclic) bond motifs is 3. The molecule has 5 heteroatoms. The predicted molar refractivity (Wildman–Crippen MR) is 58.3 cm³/mol. The van der Waals surface area contributed by atoms with Crippen molar-refractivity contribution in [3.8, 4) is 0 Å². The number of amides is 2. The molecule has 0 aromatic rings. The first-order chi connectivity index (χ1) is 7.30. The number of hydrogen-bond donors (Lipinski definition) is 2. The summed E-state index contributed by atoms with van der Waals surface area (Å²) in [5.41, 5.74) is 5.19. The third kappa shape index (κ3) is 0.867. The molecule has 2 fully saturated rings. The molecule has 2 saturated carbocycles. The summed E-state index contributed by atoms with van der Waals surface area (Å²) >= 11 is 0. The van der Waals surface area contributed by atoms with E-state index in [0.717, 1.165) is 10.7 Å². The molecule has 4 atom stereocenters. The molecule has 0 saturated heterocycles. The average Bonchev–Trinajstić information content (AvgIpc) is 2.51. The van der Waals surface area contributed by atoms with Gasteiger partial charge in [-0.05, 0) is 24.2 Å². The highest BCUT2D eigenvalue weighted by Gasteiger charge is 2.75. The van der Waals surface area contributed by atoms with Crippen molar-refractivity contribution in [2.24, 2.45) is 34.0 Å². The maximum absolute atomic E-state index is 11.3. The first-order valence-corrected chi connectivity index (χ1v) is 5.67. The van der Waals surface area contributed by atoms with E-state index in [2.05, 4.69) is 18.9 Å². The molecule has 0 unspecified atom stereocenters. The van der Waals surface area contributed by atoms with Gasteiger partial charge in [-0.3, -0.25) is 0 Å². The molecule has 0 spiro atoms. The fourth-order valence-electron chi connectivity index (χ4n) is 3.94. The Balaban J connectivity index is 1.99. The lowest BCUT2D eigenvalue weighted by molar-refractivity contribution is -0.0944. The predicted octanol–water partition coefficient (Wildman–Crippen LogP) is 0.737. The smallest absolute Gasteiger partial charge is 0.337 e.